The monoisotopic (exact) mass is 496 g/mol. The van der Waals surface area contributed by atoms with Gasteiger partial charge in [-0.25, -0.2) is 8.42 Å². The highest BCUT2D eigenvalue weighted by Crippen LogP contribution is 2.16. The molecule has 190 valence electrons. The molecule has 35 heavy (non-hydrogen) atoms. The maximum absolute atomic E-state index is 12.4. The van der Waals surface area contributed by atoms with Crippen molar-refractivity contribution in [2.75, 3.05) is 30.7 Å². The second-order valence-corrected chi connectivity index (χ2v) is 11.6. The van der Waals surface area contributed by atoms with Gasteiger partial charge in [0.2, 0.25) is 0 Å². The Hall–Kier alpha value is -2.60. The van der Waals surface area contributed by atoms with Gasteiger partial charge in [0, 0.05) is 30.9 Å². The first-order valence-corrected chi connectivity index (χ1v) is 14.9. The molecule has 0 aromatic heterocycles. The first kappa shape index (κ1) is 27.0. The van der Waals surface area contributed by atoms with E-state index in [1.807, 2.05) is 59.5 Å². The number of benzene rings is 2. The van der Waals surface area contributed by atoms with E-state index in [-0.39, 0.29) is 17.4 Å². The highest BCUT2D eigenvalue weighted by Gasteiger charge is 2.19. The largest absolute Gasteiger partial charge is 0.382 e. The van der Waals surface area contributed by atoms with Gasteiger partial charge in [0.15, 0.2) is 9.84 Å². The number of nitrogens with one attached hydrogen (secondary N) is 1. The smallest absolute Gasteiger partial charge is 0.253 e. The van der Waals surface area contributed by atoms with Gasteiger partial charge in [-0.15, -0.1) is 0 Å². The van der Waals surface area contributed by atoms with Crippen LogP contribution >= 0.6 is 0 Å². The van der Waals surface area contributed by atoms with Gasteiger partial charge in [0.05, 0.1) is 11.5 Å². The normalized spacial score (nSPS) is 14.0. The first-order chi connectivity index (χ1) is 17.0. The van der Waals surface area contributed by atoms with E-state index < -0.39 is 9.84 Å². The predicted molar refractivity (Wildman–Crippen MR) is 145 cm³/mol. The minimum Gasteiger partial charge on any atom is -0.382 e. The van der Waals surface area contributed by atoms with E-state index in [1.165, 1.54) is 6.42 Å². The maximum Gasteiger partial charge on any atom is 0.253 e. The summed E-state index contributed by atoms with van der Waals surface area (Å²) in [4.78, 5) is 14.3. The Labute approximate surface area is 211 Å². The van der Waals surface area contributed by atoms with Crippen LogP contribution in [0, 0.1) is 0 Å². The molecule has 2 aromatic rings. The van der Waals surface area contributed by atoms with Crippen molar-refractivity contribution >= 4 is 21.4 Å². The SMILES string of the molecule is O=C(c1ccc(NCC=CCCCCCCCCS(=O)(=O)Cc2ccccc2)cc1)N1CCCC1. The van der Waals surface area contributed by atoms with Crippen LogP contribution in [0.4, 0.5) is 5.69 Å². The number of nitrogens with zero attached hydrogens (tertiary/aromatic N) is 1. The highest BCUT2D eigenvalue weighted by molar-refractivity contribution is 7.90. The number of amides is 1. The summed E-state index contributed by atoms with van der Waals surface area (Å²) in [5.74, 6) is 0.579. The Morgan fingerprint density at radius 1 is 0.829 bits per heavy atom. The number of unbranched alkanes of at least 4 members (excludes halogenated alkanes) is 6. The molecule has 1 aliphatic heterocycles. The molecule has 2 aromatic carbocycles. The molecule has 0 aliphatic carbocycles. The van der Waals surface area contributed by atoms with Crippen LogP contribution in [0.1, 0.15) is 73.7 Å². The van der Waals surface area contributed by atoms with Crippen LogP contribution in [-0.4, -0.2) is 44.6 Å². The molecule has 6 heteroatoms. The summed E-state index contributed by atoms with van der Waals surface area (Å²) in [5, 5.41) is 3.37. The topological polar surface area (TPSA) is 66.5 Å². The van der Waals surface area contributed by atoms with Crippen LogP contribution in [0.15, 0.2) is 66.7 Å². The lowest BCUT2D eigenvalue weighted by atomic mass is 10.1. The molecule has 1 heterocycles. The Morgan fingerprint density at radius 2 is 1.49 bits per heavy atom. The summed E-state index contributed by atoms with van der Waals surface area (Å²) >= 11 is 0. The van der Waals surface area contributed by atoms with E-state index in [0.717, 1.165) is 87.8 Å². The van der Waals surface area contributed by atoms with Crippen LogP contribution in [0.5, 0.6) is 0 Å². The number of likely N-dealkylation sites (tertiary alicyclic amines) is 1. The molecule has 0 atom stereocenters. The lowest BCUT2D eigenvalue weighted by Crippen LogP contribution is -2.27. The van der Waals surface area contributed by atoms with Gasteiger partial charge in [0.1, 0.15) is 0 Å². The van der Waals surface area contributed by atoms with E-state index in [1.54, 1.807) is 0 Å². The molecule has 0 unspecified atom stereocenters. The van der Waals surface area contributed by atoms with E-state index in [0.29, 0.717) is 0 Å². The summed E-state index contributed by atoms with van der Waals surface area (Å²) < 4.78 is 24.4. The fraction of sp³-hybridized carbons (Fsp3) is 0.483. The van der Waals surface area contributed by atoms with Gasteiger partial charge in [-0.3, -0.25) is 4.79 Å². The summed E-state index contributed by atoms with van der Waals surface area (Å²) in [7, 11) is -3.01. The minimum atomic E-state index is -3.01. The van der Waals surface area contributed by atoms with Crippen molar-refractivity contribution in [3.63, 3.8) is 0 Å². The molecule has 1 aliphatic rings. The quantitative estimate of drug-likeness (QED) is 0.234. The zero-order chi connectivity index (χ0) is 24.8. The average molecular weight is 497 g/mol. The van der Waals surface area contributed by atoms with Gasteiger partial charge in [-0.05, 0) is 61.9 Å². The van der Waals surface area contributed by atoms with Crippen molar-refractivity contribution in [3.05, 3.63) is 77.9 Å². The lowest BCUT2D eigenvalue weighted by molar-refractivity contribution is 0.0793. The highest BCUT2D eigenvalue weighted by atomic mass is 32.2. The van der Waals surface area contributed by atoms with Crippen LogP contribution in [0.2, 0.25) is 0 Å². The van der Waals surface area contributed by atoms with Crippen LogP contribution < -0.4 is 5.32 Å². The van der Waals surface area contributed by atoms with E-state index in [9.17, 15) is 13.2 Å². The molecule has 5 nitrogen and oxygen atoms in total. The number of carbonyl (C=O) groups is 1. The van der Waals surface area contributed by atoms with E-state index in [2.05, 4.69) is 17.5 Å². The number of rotatable bonds is 15. The van der Waals surface area contributed by atoms with E-state index >= 15 is 0 Å². The first-order valence-electron chi connectivity index (χ1n) is 13.1. The fourth-order valence-electron chi connectivity index (χ4n) is 4.40. The average Bonchev–Trinajstić information content (AvgIpc) is 3.40. The molecule has 0 saturated carbocycles. The van der Waals surface area contributed by atoms with Gasteiger partial charge in [0.25, 0.3) is 5.91 Å². The predicted octanol–water partition coefficient (Wildman–Crippen LogP) is 6.24. The van der Waals surface area contributed by atoms with Gasteiger partial charge in [-0.2, -0.15) is 0 Å². The van der Waals surface area contributed by atoms with Crippen molar-refractivity contribution in [2.24, 2.45) is 0 Å². The number of carbonyl (C=O) groups excluding carboxylic acids is 1. The van der Waals surface area contributed by atoms with Crippen molar-refractivity contribution in [1.82, 2.24) is 4.90 Å². The number of hydrogen-bond donors (Lipinski definition) is 1. The fourth-order valence-corrected chi connectivity index (χ4v) is 5.89. The van der Waals surface area contributed by atoms with E-state index in [4.69, 9.17) is 0 Å². The van der Waals surface area contributed by atoms with Crippen LogP contribution in [-0.2, 0) is 15.6 Å². The Bertz CT molecular complexity index is 1010. The third-order valence-corrected chi connectivity index (χ3v) is 8.11. The number of anilines is 1. The van der Waals surface area contributed by atoms with Crippen LogP contribution in [0.25, 0.3) is 0 Å². The minimum absolute atomic E-state index is 0.141. The third kappa shape index (κ3) is 10.3. The standard InChI is InChI=1S/C29H40N2O3S/c32-29(31-22-12-13-23-31)27-17-19-28(20-18-27)30-21-11-6-4-2-1-3-5-7-14-24-35(33,34)25-26-15-9-8-10-16-26/h6,8-11,15-20,30H,1-5,7,12-14,21-25H2. The molecular weight excluding hydrogens is 456 g/mol. The van der Waals surface area contributed by atoms with Crippen molar-refractivity contribution < 1.29 is 13.2 Å². The summed E-state index contributed by atoms with van der Waals surface area (Å²) in [6.45, 7) is 2.53. The molecule has 0 spiro atoms. The second kappa shape index (κ2) is 14.7. The van der Waals surface area contributed by atoms with Crippen molar-refractivity contribution in [3.8, 4) is 0 Å². The van der Waals surface area contributed by atoms with Crippen molar-refractivity contribution in [2.45, 2.75) is 63.5 Å². The third-order valence-electron chi connectivity index (χ3n) is 6.42. The molecule has 0 bridgehead atoms. The Kier molecular flexibility index (Phi) is 11.4. The summed E-state index contributed by atoms with van der Waals surface area (Å²) in [6.07, 6.45) is 14.0. The summed E-state index contributed by atoms with van der Waals surface area (Å²) in [5.41, 5.74) is 2.67. The van der Waals surface area contributed by atoms with Crippen molar-refractivity contribution in [1.29, 1.82) is 0 Å². The molecule has 3 rings (SSSR count). The maximum atomic E-state index is 12.4. The van der Waals surface area contributed by atoms with Crippen LogP contribution in [0.3, 0.4) is 0 Å². The zero-order valence-electron chi connectivity index (χ0n) is 20.8. The van der Waals surface area contributed by atoms with Gasteiger partial charge >= 0.3 is 0 Å². The van der Waals surface area contributed by atoms with Gasteiger partial charge < -0.3 is 10.2 Å². The molecule has 1 N–H and O–H groups in total. The molecule has 1 amide bonds. The number of sulfone groups is 1. The molecular formula is C29H40N2O3S. The summed E-state index contributed by atoms with van der Waals surface area (Å²) in [6, 6.07) is 17.2. The Morgan fingerprint density at radius 3 is 2.20 bits per heavy atom. The molecule has 0 radical (unpaired) electrons. The second-order valence-electron chi connectivity index (χ2n) is 9.42. The lowest BCUT2D eigenvalue weighted by Gasteiger charge is -2.15. The van der Waals surface area contributed by atoms with Gasteiger partial charge in [-0.1, -0.05) is 68.2 Å². The Balaban J connectivity index is 1.17. The number of allylic oxidation sites excluding steroid dienone is 1. The number of hydrogen-bond acceptors (Lipinski definition) is 4. The molecule has 1 fully saturated rings. The zero-order valence-corrected chi connectivity index (χ0v) is 21.6. The molecule has 1 saturated heterocycles.